The second kappa shape index (κ2) is 6.05. The van der Waals surface area contributed by atoms with Gasteiger partial charge < -0.3 is 5.32 Å². The predicted octanol–water partition coefficient (Wildman–Crippen LogP) is 3.56. The van der Waals surface area contributed by atoms with Crippen molar-refractivity contribution in [2.45, 2.75) is 40.0 Å². The van der Waals surface area contributed by atoms with Gasteiger partial charge in [0.25, 0.3) is 0 Å². The van der Waals surface area contributed by atoms with Crippen molar-refractivity contribution in [1.82, 2.24) is 5.32 Å². The van der Waals surface area contributed by atoms with Crippen LogP contribution in [0.3, 0.4) is 0 Å². The Labute approximate surface area is 100 Å². The van der Waals surface area contributed by atoms with Gasteiger partial charge in [0, 0.05) is 6.54 Å². The maximum Gasteiger partial charge on any atom is 0.000534 e. The standard InChI is InChI=1S/C15H25N/c1-5-9-15(3,12-16-4)11-14-8-6-7-13(2)10-14/h6-8,10,16H,5,9,11-12H2,1-4H3. The third kappa shape index (κ3) is 3.97. The van der Waals surface area contributed by atoms with Gasteiger partial charge in [0.15, 0.2) is 0 Å². The smallest absolute Gasteiger partial charge is 0.000534 e. The van der Waals surface area contributed by atoms with Crippen LogP contribution in [0.5, 0.6) is 0 Å². The van der Waals surface area contributed by atoms with E-state index in [4.69, 9.17) is 0 Å². The molecule has 1 N–H and O–H groups in total. The molecule has 1 unspecified atom stereocenters. The first kappa shape index (κ1) is 13.2. The third-order valence-electron chi connectivity index (χ3n) is 3.17. The van der Waals surface area contributed by atoms with Gasteiger partial charge in [-0.1, -0.05) is 50.1 Å². The first-order valence-electron chi connectivity index (χ1n) is 6.30. The molecule has 1 aromatic carbocycles. The summed E-state index contributed by atoms with van der Waals surface area (Å²) in [5.41, 5.74) is 3.21. The van der Waals surface area contributed by atoms with E-state index in [-0.39, 0.29) is 0 Å². The second-order valence-corrected chi connectivity index (χ2v) is 5.26. The van der Waals surface area contributed by atoms with Crippen molar-refractivity contribution in [3.05, 3.63) is 35.4 Å². The average molecular weight is 219 g/mol. The number of hydrogen-bond donors (Lipinski definition) is 1. The van der Waals surface area contributed by atoms with E-state index in [1.165, 1.54) is 30.4 Å². The summed E-state index contributed by atoms with van der Waals surface area (Å²) in [6.45, 7) is 7.91. The summed E-state index contributed by atoms with van der Waals surface area (Å²) < 4.78 is 0. The Morgan fingerprint density at radius 2 is 2.06 bits per heavy atom. The Morgan fingerprint density at radius 1 is 1.31 bits per heavy atom. The fourth-order valence-electron chi connectivity index (χ4n) is 2.58. The molecule has 1 heteroatoms. The van der Waals surface area contributed by atoms with Gasteiger partial charge in [-0.05, 0) is 37.8 Å². The summed E-state index contributed by atoms with van der Waals surface area (Å²) in [5.74, 6) is 0. The molecule has 1 atom stereocenters. The Kier molecular flexibility index (Phi) is 5.01. The lowest BCUT2D eigenvalue weighted by Gasteiger charge is -2.29. The van der Waals surface area contributed by atoms with Gasteiger partial charge in [-0.25, -0.2) is 0 Å². The molecule has 0 heterocycles. The molecule has 0 saturated carbocycles. The minimum Gasteiger partial charge on any atom is -0.319 e. The SMILES string of the molecule is CCCC(C)(CNC)Cc1cccc(C)c1. The first-order chi connectivity index (χ1) is 7.59. The van der Waals surface area contributed by atoms with Gasteiger partial charge in [0.05, 0.1) is 0 Å². The molecule has 1 aromatic rings. The number of nitrogens with one attached hydrogen (secondary N) is 1. The number of hydrogen-bond acceptors (Lipinski definition) is 1. The molecule has 0 amide bonds. The van der Waals surface area contributed by atoms with Crippen LogP contribution in [0.2, 0.25) is 0 Å². The second-order valence-electron chi connectivity index (χ2n) is 5.26. The molecule has 0 aliphatic rings. The first-order valence-corrected chi connectivity index (χ1v) is 6.30. The number of rotatable bonds is 6. The van der Waals surface area contributed by atoms with Gasteiger partial charge in [0.2, 0.25) is 0 Å². The number of benzene rings is 1. The van der Waals surface area contributed by atoms with Crippen LogP contribution in [-0.2, 0) is 6.42 Å². The van der Waals surface area contributed by atoms with E-state index in [0.29, 0.717) is 5.41 Å². The summed E-state index contributed by atoms with van der Waals surface area (Å²) in [7, 11) is 2.05. The molecule has 0 radical (unpaired) electrons. The Bertz CT molecular complexity index is 311. The lowest BCUT2D eigenvalue weighted by Crippen LogP contribution is -2.31. The molecule has 1 nitrogen and oxygen atoms in total. The van der Waals surface area contributed by atoms with Gasteiger partial charge in [-0.2, -0.15) is 0 Å². The lowest BCUT2D eigenvalue weighted by atomic mass is 9.79. The minimum atomic E-state index is 0.386. The van der Waals surface area contributed by atoms with E-state index in [1.807, 2.05) is 7.05 Å². The molecule has 0 saturated heterocycles. The van der Waals surface area contributed by atoms with Crippen molar-refractivity contribution in [1.29, 1.82) is 0 Å². The quantitative estimate of drug-likeness (QED) is 0.771. The maximum absolute atomic E-state index is 3.33. The summed E-state index contributed by atoms with van der Waals surface area (Å²) >= 11 is 0. The largest absolute Gasteiger partial charge is 0.319 e. The van der Waals surface area contributed by atoms with Crippen LogP contribution in [0.1, 0.15) is 37.8 Å². The molecule has 0 bridgehead atoms. The molecular formula is C15H25N. The average Bonchev–Trinajstić information content (AvgIpc) is 2.17. The molecule has 0 aliphatic heterocycles. The molecule has 0 fully saturated rings. The maximum atomic E-state index is 3.33. The van der Waals surface area contributed by atoms with Crippen LogP contribution in [0.25, 0.3) is 0 Å². The van der Waals surface area contributed by atoms with Gasteiger partial charge >= 0.3 is 0 Å². The normalized spacial score (nSPS) is 14.8. The van der Waals surface area contributed by atoms with E-state index in [9.17, 15) is 0 Å². The molecule has 0 aliphatic carbocycles. The predicted molar refractivity (Wildman–Crippen MR) is 71.8 cm³/mol. The highest BCUT2D eigenvalue weighted by atomic mass is 14.8. The number of aryl methyl sites for hydroxylation is 1. The van der Waals surface area contributed by atoms with Crippen LogP contribution in [0, 0.1) is 12.3 Å². The fourth-order valence-corrected chi connectivity index (χ4v) is 2.58. The lowest BCUT2D eigenvalue weighted by molar-refractivity contribution is 0.283. The molecule has 0 spiro atoms. The van der Waals surface area contributed by atoms with Gasteiger partial charge in [-0.15, -0.1) is 0 Å². The summed E-state index contributed by atoms with van der Waals surface area (Å²) in [6, 6.07) is 8.88. The van der Waals surface area contributed by atoms with Crippen molar-refractivity contribution >= 4 is 0 Å². The highest BCUT2D eigenvalue weighted by Gasteiger charge is 2.22. The monoisotopic (exact) mass is 219 g/mol. The molecular weight excluding hydrogens is 194 g/mol. The third-order valence-corrected chi connectivity index (χ3v) is 3.17. The molecule has 90 valence electrons. The van der Waals surface area contributed by atoms with E-state index < -0.39 is 0 Å². The summed E-state index contributed by atoms with van der Waals surface area (Å²) in [5, 5.41) is 3.33. The molecule has 1 rings (SSSR count). The molecule has 0 aromatic heterocycles. The van der Waals surface area contributed by atoms with Crippen LogP contribution >= 0.6 is 0 Å². The highest BCUT2D eigenvalue weighted by Crippen LogP contribution is 2.27. The highest BCUT2D eigenvalue weighted by molar-refractivity contribution is 5.23. The van der Waals surface area contributed by atoms with Crippen molar-refractivity contribution in [2.24, 2.45) is 5.41 Å². The Balaban J connectivity index is 2.74. The van der Waals surface area contributed by atoms with Crippen LogP contribution in [-0.4, -0.2) is 13.6 Å². The topological polar surface area (TPSA) is 12.0 Å². The fraction of sp³-hybridized carbons (Fsp3) is 0.600. The van der Waals surface area contributed by atoms with Crippen molar-refractivity contribution in [3.63, 3.8) is 0 Å². The van der Waals surface area contributed by atoms with Gasteiger partial charge in [0.1, 0.15) is 0 Å². The van der Waals surface area contributed by atoms with Crippen LogP contribution in [0.4, 0.5) is 0 Å². The van der Waals surface area contributed by atoms with Crippen LogP contribution < -0.4 is 5.32 Å². The van der Waals surface area contributed by atoms with E-state index in [0.717, 1.165) is 6.54 Å². The van der Waals surface area contributed by atoms with Crippen LogP contribution in [0.15, 0.2) is 24.3 Å². The Hall–Kier alpha value is -0.820. The van der Waals surface area contributed by atoms with E-state index in [2.05, 4.69) is 50.4 Å². The van der Waals surface area contributed by atoms with Crippen molar-refractivity contribution in [2.75, 3.05) is 13.6 Å². The Morgan fingerprint density at radius 3 is 2.62 bits per heavy atom. The zero-order valence-corrected chi connectivity index (χ0v) is 11.1. The van der Waals surface area contributed by atoms with E-state index >= 15 is 0 Å². The summed E-state index contributed by atoms with van der Waals surface area (Å²) in [6.07, 6.45) is 3.70. The molecule has 16 heavy (non-hydrogen) atoms. The zero-order chi connectivity index (χ0) is 12.0. The van der Waals surface area contributed by atoms with E-state index in [1.54, 1.807) is 0 Å². The van der Waals surface area contributed by atoms with Crippen molar-refractivity contribution in [3.8, 4) is 0 Å². The van der Waals surface area contributed by atoms with Crippen molar-refractivity contribution < 1.29 is 0 Å². The van der Waals surface area contributed by atoms with Gasteiger partial charge in [-0.3, -0.25) is 0 Å². The minimum absolute atomic E-state index is 0.386. The summed E-state index contributed by atoms with van der Waals surface area (Å²) in [4.78, 5) is 0. The zero-order valence-electron chi connectivity index (χ0n) is 11.1.